The zero-order chi connectivity index (χ0) is 19.3. The molecule has 1 aromatic carbocycles. The van der Waals surface area contributed by atoms with E-state index in [0.29, 0.717) is 19.0 Å². The van der Waals surface area contributed by atoms with Gasteiger partial charge in [-0.2, -0.15) is 5.10 Å². The van der Waals surface area contributed by atoms with Crippen molar-refractivity contribution in [2.45, 2.75) is 25.9 Å². The van der Waals surface area contributed by atoms with Gasteiger partial charge < -0.3 is 10.2 Å². The molecule has 1 saturated heterocycles. The summed E-state index contributed by atoms with van der Waals surface area (Å²) in [4.78, 5) is 23.4. The highest BCUT2D eigenvalue weighted by atomic mass is 35.5. The van der Waals surface area contributed by atoms with Crippen LogP contribution in [-0.2, 0) is 13.1 Å². The predicted molar refractivity (Wildman–Crippen MR) is 107 cm³/mol. The van der Waals surface area contributed by atoms with E-state index in [9.17, 15) is 4.79 Å². The van der Waals surface area contributed by atoms with Gasteiger partial charge in [0, 0.05) is 32.0 Å². The Hall–Kier alpha value is -2.93. The molecule has 0 aliphatic carbocycles. The molecule has 3 heterocycles. The van der Waals surface area contributed by atoms with Crippen molar-refractivity contribution >= 4 is 23.5 Å². The number of aromatic nitrogens is 4. The van der Waals surface area contributed by atoms with Crippen molar-refractivity contribution in [2.75, 3.05) is 18.0 Å². The molecule has 1 N–H and O–H groups in total. The van der Waals surface area contributed by atoms with Crippen LogP contribution in [0.15, 0.2) is 48.9 Å². The van der Waals surface area contributed by atoms with Crippen molar-refractivity contribution in [1.29, 1.82) is 0 Å². The molecule has 4 rings (SSSR count). The summed E-state index contributed by atoms with van der Waals surface area (Å²) in [5.74, 6) is 0.263. The largest absolute Gasteiger partial charge is 0.347 e. The maximum atomic E-state index is 12.6. The van der Waals surface area contributed by atoms with Gasteiger partial charge in [-0.25, -0.2) is 9.97 Å². The first-order chi connectivity index (χ1) is 13.7. The summed E-state index contributed by atoms with van der Waals surface area (Å²) in [5, 5.41) is 7.38. The second-order valence-electron chi connectivity index (χ2n) is 6.77. The zero-order valence-electron chi connectivity index (χ0n) is 15.4. The molecule has 1 aliphatic heterocycles. The molecular formula is C20H21ClN6O. The second kappa shape index (κ2) is 8.39. The van der Waals surface area contributed by atoms with E-state index in [-0.39, 0.29) is 16.6 Å². The van der Waals surface area contributed by atoms with Crippen molar-refractivity contribution < 1.29 is 4.79 Å². The molecule has 0 atom stereocenters. The Morgan fingerprint density at radius 1 is 1.18 bits per heavy atom. The van der Waals surface area contributed by atoms with E-state index in [1.807, 2.05) is 35.1 Å². The third-order valence-corrected chi connectivity index (χ3v) is 4.96. The fourth-order valence-corrected chi connectivity index (χ4v) is 3.45. The van der Waals surface area contributed by atoms with Gasteiger partial charge in [-0.1, -0.05) is 35.9 Å². The number of anilines is 1. The van der Waals surface area contributed by atoms with Gasteiger partial charge in [-0.05, 0) is 30.0 Å². The maximum Gasteiger partial charge on any atom is 0.271 e. The summed E-state index contributed by atoms with van der Waals surface area (Å²) in [6.07, 6.45) is 7.40. The molecule has 2 aromatic heterocycles. The van der Waals surface area contributed by atoms with Gasteiger partial charge in [-0.3, -0.25) is 9.48 Å². The first kappa shape index (κ1) is 18.4. The van der Waals surface area contributed by atoms with Crippen LogP contribution in [0.1, 0.15) is 34.5 Å². The lowest BCUT2D eigenvalue weighted by atomic mass is 10.1. The molecular weight excluding hydrogens is 376 g/mol. The van der Waals surface area contributed by atoms with E-state index in [2.05, 4.69) is 31.3 Å². The molecule has 1 fully saturated rings. The summed E-state index contributed by atoms with van der Waals surface area (Å²) in [5.41, 5.74) is 2.33. The summed E-state index contributed by atoms with van der Waals surface area (Å²) in [6, 6.07) is 9.94. The topological polar surface area (TPSA) is 75.9 Å². The smallest absolute Gasteiger partial charge is 0.271 e. The minimum absolute atomic E-state index is 0.214. The third kappa shape index (κ3) is 4.31. The van der Waals surface area contributed by atoms with Crippen LogP contribution < -0.4 is 10.2 Å². The number of rotatable bonds is 6. The van der Waals surface area contributed by atoms with Crippen LogP contribution in [0.3, 0.4) is 0 Å². The van der Waals surface area contributed by atoms with Gasteiger partial charge >= 0.3 is 0 Å². The van der Waals surface area contributed by atoms with E-state index in [0.717, 1.165) is 37.1 Å². The average Bonchev–Trinajstić information content (AvgIpc) is 3.41. The van der Waals surface area contributed by atoms with Crippen LogP contribution in [0, 0.1) is 0 Å². The Balaban J connectivity index is 1.42. The van der Waals surface area contributed by atoms with Crippen molar-refractivity contribution in [3.8, 4) is 0 Å². The molecule has 3 aromatic rings. The molecule has 7 nitrogen and oxygen atoms in total. The number of carbonyl (C=O) groups is 1. The van der Waals surface area contributed by atoms with E-state index in [1.165, 1.54) is 6.20 Å². The molecule has 0 unspecified atom stereocenters. The monoisotopic (exact) mass is 396 g/mol. The molecule has 28 heavy (non-hydrogen) atoms. The lowest BCUT2D eigenvalue weighted by Crippen LogP contribution is -2.27. The lowest BCUT2D eigenvalue weighted by molar-refractivity contribution is 0.0946. The highest BCUT2D eigenvalue weighted by molar-refractivity contribution is 6.33. The summed E-state index contributed by atoms with van der Waals surface area (Å²) >= 11 is 6.17. The number of halogens is 1. The molecule has 1 aliphatic rings. The number of nitrogens with zero attached hydrogens (tertiary/aromatic N) is 5. The maximum absolute atomic E-state index is 12.6. The van der Waals surface area contributed by atoms with Crippen LogP contribution in [0.4, 0.5) is 5.95 Å². The molecule has 1 amide bonds. The van der Waals surface area contributed by atoms with E-state index in [1.54, 1.807) is 6.20 Å². The summed E-state index contributed by atoms with van der Waals surface area (Å²) < 4.78 is 1.86. The van der Waals surface area contributed by atoms with E-state index < -0.39 is 0 Å². The summed E-state index contributed by atoms with van der Waals surface area (Å²) in [6.45, 7) is 2.90. The van der Waals surface area contributed by atoms with Crippen molar-refractivity contribution in [2.24, 2.45) is 0 Å². The van der Waals surface area contributed by atoms with E-state index >= 15 is 0 Å². The third-order valence-electron chi connectivity index (χ3n) is 4.68. The standard InChI is InChI=1S/C20H21ClN6O/c21-17-13-23-20(26-8-1-2-9-26)25-18(17)19(28)22-12-15-5-3-6-16(11-15)14-27-10-4-7-24-27/h3-7,10-11,13H,1-2,8-9,12,14H2,(H,22,28). The van der Waals surface area contributed by atoms with Gasteiger partial charge in [0.15, 0.2) is 5.69 Å². The Bertz CT molecular complexity index is 953. The molecule has 8 heteroatoms. The van der Waals surface area contributed by atoms with Crippen molar-refractivity contribution in [3.63, 3.8) is 0 Å². The highest BCUT2D eigenvalue weighted by Gasteiger charge is 2.19. The van der Waals surface area contributed by atoms with E-state index in [4.69, 9.17) is 11.6 Å². The first-order valence-electron chi connectivity index (χ1n) is 9.30. The second-order valence-corrected chi connectivity index (χ2v) is 7.17. The summed E-state index contributed by atoms with van der Waals surface area (Å²) in [7, 11) is 0. The Morgan fingerprint density at radius 2 is 2.00 bits per heavy atom. The Morgan fingerprint density at radius 3 is 2.79 bits per heavy atom. The number of benzene rings is 1. The number of carbonyl (C=O) groups excluding carboxylic acids is 1. The Kier molecular flexibility index (Phi) is 5.53. The molecule has 0 saturated carbocycles. The lowest BCUT2D eigenvalue weighted by Gasteiger charge is -2.16. The molecule has 0 bridgehead atoms. The number of hydrogen-bond acceptors (Lipinski definition) is 5. The van der Waals surface area contributed by atoms with Gasteiger partial charge in [-0.15, -0.1) is 0 Å². The van der Waals surface area contributed by atoms with Gasteiger partial charge in [0.05, 0.1) is 17.8 Å². The van der Waals surface area contributed by atoms with Gasteiger partial charge in [0.25, 0.3) is 5.91 Å². The van der Waals surface area contributed by atoms with Crippen LogP contribution in [-0.4, -0.2) is 38.7 Å². The van der Waals surface area contributed by atoms with Crippen LogP contribution in [0.5, 0.6) is 0 Å². The van der Waals surface area contributed by atoms with Crippen LogP contribution >= 0.6 is 11.6 Å². The predicted octanol–water partition coefficient (Wildman–Crippen LogP) is 2.91. The molecule has 0 spiro atoms. The quantitative estimate of drug-likeness (QED) is 0.693. The molecule has 0 radical (unpaired) electrons. The number of amides is 1. The minimum atomic E-state index is -0.301. The number of hydrogen-bond donors (Lipinski definition) is 1. The SMILES string of the molecule is O=C(NCc1cccc(Cn2cccn2)c1)c1nc(N2CCCC2)ncc1Cl. The van der Waals surface area contributed by atoms with Gasteiger partial charge in [0.1, 0.15) is 0 Å². The Labute approximate surface area is 168 Å². The highest BCUT2D eigenvalue weighted by Crippen LogP contribution is 2.20. The van der Waals surface area contributed by atoms with Crippen molar-refractivity contribution in [1.82, 2.24) is 25.1 Å². The van der Waals surface area contributed by atoms with Crippen LogP contribution in [0.25, 0.3) is 0 Å². The van der Waals surface area contributed by atoms with Gasteiger partial charge in [0.2, 0.25) is 5.95 Å². The fraction of sp³-hybridized carbons (Fsp3) is 0.300. The van der Waals surface area contributed by atoms with Crippen LogP contribution in [0.2, 0.25) is 5.02 Å². The van der Waals surface area contributed by atoms with Crippen molar-refractivity contribution in [3.05, 3.63) is 70.8 Å². The minimum Gasteiger partial charge on any atom is -0.347 e. The average molecular weight is 397 g/mol. The first-order valence-corrected chi connectivity index (χ1v) is 9.68. The fourth-order valence-electron chi connectivity index (χ4n) is 3.27. The molecule has 144 valence electrons. The zero-order valence-corrected chi connectivity index (χ0v) is 16.1. The number of nitrogens with one attached hydrogen (secondary N) is 1. The normalized spacial score (nSPS) is 13.7.